The summed E-state index contributed by atoms with van der Waals surface area (Å²) in [6.45, 7) is 4.37. The summed E-state index contributed by atoms with van der Waals surface area (Å²) in [5.41, 5.74) is 0.104. The highest BCUT2D eigenvalue weighted by molar-refractivity contribution is 6.00. The zero-order valence-corrected chi connectivity index (χ0v) is 26.0. The van der Waals surface area contributed by atoms with Crippen molar-refractivity contribution in [3.63, 3.8) is 0 Å². The molecule has 5 heterocycles. The molecule has 240 valence electrons. The van der Waals surface area contributed by atoms with Gasteiger partial charge in [-0.1, -0.05) is 12.1 Å². The number of ether oxygens (including phenoxy) is 3. The van der Waals surface area contributed by atoms with Crippen LogP contribution in [0.1, 0.15) is 37.7 Å². The number of methoxy groups -OCH3 is 1. The molecule has 46 heavy (non-hydrogen) atoms. The smallest absolute Gasteiger partial charge is 0.349 e. The zero-order chi connectivity index (χ0) is 32.0. The van der Waals surface area contributed by atoms with E-state index in [0.29, 0.717) is 59.7 Å². The van der Waals surface area contributed by atoms with Crippen LogP contribution in [0.3, 0.4) is 0 Å². The molecule has 3 saturated heterocycles. The summed E-state index contributed by atoms with van der Waals surface area (Å²) < 4.78 is 53.0. The second-order valence-electron chi connectivity index (χ2n) is 12.6. The zero-order valence-electron chi connectivity index (χ0n) is 26.0. The normalized spacial score (nSPS) is 23.2. The molecule has 3 aliphatic heterocycles. The first kappa shape index (κ1) is 30.4. The first-order valence-electron chi connectivity index (χ1n) is 15.7. The van der Waals surface area contributed by atoms with Gasteiger partial charge in [0.25, 0.3) is 0 Å². The molecule has 2 aromatic carbocycles. The van der Waals surface area contributed by atoms with E-state index in [1.54, 1.807) is 31.2 Å². The monoisotopic (exact) mass is 630 g/mol. The molecule has 0 saturated carbocycles. The molecule has 0 aliphatic carbocycles. The summed E-state index contributed by atoms with van der Waals surface area (Å²) in [5, 5.41) is 1.04. The first-order chi connectivity index (χ1) is 22.3. The van der Waals surface area contributed by atoms with E-state index in [1.807, 2.05) is 4.90 Å². The number of hydrogen-bond acceptors (Lipinski definition) is 9. The molecule has 0 spiro atoms. The number of fused-ring (bicyclic) bond motifs is 3. The maximum atomic E-state index is 15.4. The van der Waals surface area contributed by atoms with E-state index in [4.69, 9.17) is 35.0 Å². The van der Waals surface area contributed by atoms with Gasteiger partial charge in [-0.3, -0.25) is 4.90 Å². The second kappa shape index (κ2) is 12.2. The number of aromatic nitrogens is 2. The fraction of sp³-hybridized carbons (Fsp3) is 0.457. The largest absolute Gasteiger partial charge is 0.468 e. The predicted molar refractivity (Wildman–Crippen MR) is 171 cm³/mol. The number of aryl methyl sites for hydroxylation is 1. The molecular formula is C35H36F2N4O5. The van der Waals surface area contributed by atoms with Gasteiger partial charge in [0.1, 0.15) is 35.5 Å². The van der Waals surface area contributed by atoms with Crippen molar-refractivity contribution in [1.29, 1.82) is 0 Å². The average molecular weight is 631 g/mol. The third-order valence-corrected chi connectivity index (χ3v) is 9.64. The number of benzene rings is 2. The second-order valence-corrected chi connectivity index (χ2v) is 12.6. The van der Waals surface area contributed by atoms with E-state index in [2.05, 4.69) is 10.8 Å². The quantitative estimate of drug-likeness (QED) is 0.181. The molecule has 0 amide bonds. The van der Waals surface area contributed by atoms with Crippen LogP contribution in [-0.4, -0.2) is 73.3 Å². The number of alkyl halides is 1. The van der Waals surface area contributed by atoms with Gasteiger partial charge in [0.05, 0.1) is 11.1 Å². The van der Waals surface area contributed by atoms with E-state index in [0.717, 1.165) is 32.2 Å². The number of rotatable bonds is 8. The first-order valence-corrected chi connectivity index (χ1v) is 15.7. The third-order valence-electron chi connectivity index (χ3n) is 9.64. The summed E-state index contributed by atoms with van der Waals surface area (Å²) in [6.07, 6.45) is 8.81. The average Bonchev–Trinajstić information content (AvgIpc) is 3.59. The molecule has 3 atom stereocenters. The van der Waals surface area contributed by atoms with Crippen LogP contribution in [-0.2, 0) is 4.74 Å². The standard InChI is InChI=1S/C35H36F2N4O5/c1-4-22-8-6-12-40(17-22)32-29-30(38-34(39-32)44-19-35-11-7-13-41(35)18-24(36)16-35)21(2)31(46-33(29)42)26-15-25(45-20-43-3)14-23-9-5-10-27(37)28(23)26/h1,5,9-10,14-15,22,24H,6-8,11-13,16-20H2,2-3H3/t22?,24-,35+/m1/s1. The molecular weight excluding hydrogens is 594 g/mol. The van der Waals surface area contributed by atoms with Crippen LogP contribution in [0.4, 0.5) is 14.6 Å². The van der Waals surface area contributed by atoms with Crippen LogP contribution < -0.4 is 20.0 Å². The van der Waals surface area contributed by atoms with E-state index in [1.165, 1.54) is 13.2 Å². The highest BCUT2D eigenvalue weighted by Gasteiger charge is 2.49. The Bertz CT molecular complexity index is 1910. The molecule has 4 aromatic rings. The lowest BCUT2D eigenvalue weighted by atomic mass is 9.95. The number of nitrogens with zero attached hydrogens (tertiary/aromatic N) is 4. The molecule has 0 N–H and O–H groups in total. The fourth-order valence-electron chi connectivity index (χ4n) is 7.46. The van der Waals surface area contributed by atoms with Gasteiger partial charge in [0.2, 0.25) is 0 Å². The number of hydrogen-bond donors (Lipinski definition) is 0. The van der Waals surface area contributed by atoms with Crippen LogP contribution in [0.25, 0.3) is 33.0 Å². The molecule has 9 nitrogen and oxygen atoms in total. The maximum absolute atomic E-state index is 15.4. The van der Waals surface area contributed by atoms with E-state index in [9.17, 15) is 9.18 Å². The summed E-state index contributed by atoms with van der Waals surface area (Å²) in [4.78, 5) is 27.6. The number of anilines is 1. The van der Waals surface area contributed by atoms with Gasteiger partial charge in [0.15, 0.2) is 12.6 Å². The molecule has 0 bridgehead atoms. The molecule has 3 fully saturated rings. The Morgan fingerprint density at radius 2 is 2.02 bits per heavy atom. The SMILES string of the molecule is C#CC1CCCN(c2nc(OC[C@@]34CCCN3C[C@H](F)C4)nc3c(C)c(-c4cc(OCOC)cc5cccc(F)c45)oc(=O)c23)C1. The molecule has 2 aromatic heterocycles. The number of piperidine rings is 1. The van der Waals surface area contributed by atoms with Crippen molar-refractivity contribution in [1.82, 2.24) is 14.9 Å². The van der Waals surface area contributed by atoms with Crippen molar-refractivity contribution < 1.29 is 27.4 Å². The maximum Gasteiger partial charge on any atom is 0.349 e. The lowest BCUT2D eigenvalue weighted by Crippen LogP contribution is -2.43. The number of halogens is 2. The summed E-state index contributed by atoms with van der Waals surface area (Å²) in [7, 11) is 1.51. The van der Waals surface area contributed by atoms with Crippen LogP contribution in [0, 0.1) is 31.0 Å². The van der Waals surface area contributed by atoms with Crippen molar-refractivity contribution >= 4 is 27.5 Å². The fourth-order valence-corrected chi connectivity index (χ4v) is 7.46. The summed E-state index contributed by atoms with van der Waals surface area (Å²) in [5.74, 6) is 3.31. The highest BCUT2D eigenvalue weighted by Crippen LogP contribution is 2.42. The van der Waals surface area contributed by atoms with Crippen LogP contribution >= 0.6 is 0 Å². The predicted octanol–water partition coefficient (Wildman–Crippen LogP) is 5.64. The van der Waals surface area contributed by atoms with Gasteiger partial charge < -0.3 is 23.5 Å². The lowest BCUT2D eigenvalue weighted by Gasteiger charge is -2.33. The van der Waals surface area contributed by atoms with Crippen molar-refractivity contribution in [3.05, 3.63) is 52.1 Å². The van der Waals surface area contributed by atoms with Gasteiger partial charge in [-0.05, 0) is 62.7 Å². The topological polar surface area (TPSA) is 90.2 Å². The Labute approximate surface area is 265 Å². The van der Waals surface area contributed by atoms with Gasteiger partial charge in [-0.2, -0.15) is 9.97 Å². The molecule has 11 heteroatoms. The minimum Gasteiger partial charge on any atom is -0.468 e. The number of terminal acetylenes is 1. The Kier molecular flexibility index (Phi) is 8.03. The van der Waals surface area contributed by atoms with E-state index < -0.39 is 23.2 Å². The van der Waals surface area contributed by atoms with E-state index >= 15 is 4.39 Å². The van der Waals surface area contributed by atoms with E-state index in [-0.39, 0.29) is 41.9 Å². The van der Waals surface area contributed by atoms with Crippen molar-refractivity contribution in [2.45, 2.75) is 50.7 Å². The summed E-state index contributed by atoms with van der Waals surface area (Å²) >= 11 is 0. The van der Waals surface area contributed by atoms with Gasteiger partial charge in [-0.25, -0.2) is 13.6 Å². The Balaban J connectivity index is 1.39. The lowest BCUT2D eigenvalue weighted by molar-refractivity contribution is 0.0512. The Morgan fingerprint density at radius 3 is 2.85 bits per heavy atom. The van der Waals surface area contributed by atoms with Gasteiger partial charge >= 0.3 is 11.6 Å². The Morgan fingerprint density at radius 1 is 1.15 bits per heavy atom. The minimum absolute atomic E-state index is 0.00867. The van der Waals surface area contributed by atoms with Crippen LogP contribution in [0.15, 0.2) is 39.5 Å². The molecule has 1 unspecified atom stereocenters. The molecule has 0 radical (unpaired) electrons. The van der Waals surface area contributed by atoms with Gasteiger partial charge in [0, 0.05) is 55.6 Å². The Hall–Kier alpha value is -4.27. The van der Waals surface area contributed by atoms with Crippen molar-refractivity contribution in [2.75, 3.05) is 51.6 Å². The molecule has 7 rings (SSSR count). The van der Waals surface area contributed by atoms with Crippen LogP contribution in [0.5, 0.6) is 11.8 Å². The summed E-state index contributed by atoms with van der Waals surface area (Å²) in [6, 6.07) is 8.15. The highest BCUT2D eigenvalue weighted by atomic mass is 19.1. The van der Waals surface area contributed by atoms with Crippen molar-refractivity contribution in [2.24, 2.45) is 5.92 Å². The minimum atomic E-state index is -0.903. The van der Waals surface area contributed by atoms with Crippen LogP contribution in [0.2, 0.25) is 0 Å². The third kappa shape index (κ3) is 5.33. The van der Waals surface area contributed by atoms with Gasteiger partial charge in [-0.15, -0.1) is 12.3 Å². The van der Waals surface area contributed by atoms with Crippen molar-refractivity contribution in [3.8, 4) is 35.4 Å². The molecule has 3 aliphatic rings.